The number of hydrogen-bond acceptors (Lipinski definition) is 6. The Morgan fingerprint density at radius 1 is 0.789 bits per heavy atom. The molecule has 0 bridgehead atoms. The van der Waals surface area contributed by atoms with Gasteiger partial charge in [0.25, 0.3) is 0 Å². The number of pyridine rings is 1. The van der Waals surface area contributed by atoms with E-state index in [9.17, 15) is 9.90 Å². The first kappa shape index (κ1) is 50.9. The summed E-state index contributed by atoms with van der Waals surface area (Å²) in [6, 6.07) is 14.1. The van der Waals surface area contributed by atoms with E-state index in [2.05, 4.69) is 121 Å². The first-order chi connectivity index (χ1) is 25.7. The van der Waals surface area contributed by atoms with Crippen molar-refractivity contribution in [3.8, 4) is 11.3 Å². The van der Waals surface area contributed by atoms with Gasteiger partial charge in [-0.1, -0.05) is 133 Å². The Bertz CT molecular complexity index is 1940. The number of aryl methyl sites for hydroxylation is 2. The number of aromatic nitrogens is 3. The summed E-state index contributed by atoms with van der Waals surface area (Å²) in [4.78, 5) is 26.5. The normalized spacial score (nSPS) is 13.3. The molecule has 4 rings (SSSR count). The summed E-state index contributed by atoms with van der Waals surface area (Å²) >= 11 is 2.00. The summed E-state index contributed by atoms with van der Waals surface area (Å²) in [5.41, 5.74) is 8.56. The Kier molecular flexibility index (Phi) is 17.7. The molecule has 0 saturated carbocycles. The van der Waals surface area contributed by atoms with Crippen LogP contribution in [-0.2, 0) is 30.3 Å². The third-order valence-electron chi connectivity index (χ3n) is 10.8. The number of nitrogens with zero attached hydrogens (tertiary/aromatic N) is 3. The molecule has 0 amide bonds. The van der Waals surface area contributed by atoms with Crippen molar-refractivity contribution < 1.29 is 30.0 Å². The monoisotopic (exact) mass is 992 g/mol. The number of allylic oxidation sites excluding steroid dienone is 2. The van der Waals surface area contributed by atoms with Crippen molar-refractivity contribution in [1.82, 2.24) is 15.0 Å². The number of ketones is 1. The third kappa shape index (κ3) is 13.6. The fraction of sp³-hybridized carbons (Fsp3) is 0.633. The van der Waals surface area contributed by atoms with E-state index in [0.717, 1.165) is 59.1 Å². The van der Waals surface area contributed by atoms with E-state index in [1.807, 2.05) is 39.0 Å². The Labute approximate surface area is 366 Å². The van der Waals surface area contributed by atoms with Crippen LogP contribution in [-0.4, -0.2) is 33.9 Å². The van der Waals surface area contributed by atoms with Crippen molar-refractivity contribution in [3.05, 3.63) is 59.2 Å². The van der Waals surface area contributed by atoms with Crippen molar-refractivity contribution in [2.45, 2.75) is 174 Å². The number of rotatable bonds is 12. The minimum atomic E-state index is -1.99. The van der Waals surface area contributed by atoms with Gasteiger partial charge < -0.3 is 5.11 Å². The fourth-order valence-electron chi connectivity index (χ4n) is 8.93. The van der Waals surface area contributed by atoms with Crippen LogP contribution in [0.25, 0.3) is 32.4 Å². The molecule has 0 atom stereocenters. The topological polar surface area (TPSA) is 76.0 Å². The molecule has 8 heteroatoms. The van der Waals surface area contributed by atoms with Gasteiger partial charge >= 0.3 is 0 Å². The Hall–Kier alpha value is -2.25. The maximum Gasteiger partial charge on any atom is 0.162 e. The molecule has 1 radical (unpaired) electrons. The van der Waals surface area contributed by atoms with E-state index in [-0.39, 0.29) is 65.1 Å². The largest absolute Gasteiger partial charge is 0.512 e. The van der Waals surface area contributed by atoms with Gasteiger partial charge in [-0.25, -0.2) is 4.98 Å². The number of hydrogen-bond donors (Lipinski definition) is 1. The fourth-order valence-corrected chi connectivity index (χ4v) is 19.6. The Balaban J connectivity index is 0.000000596. The van der Waals surface area contributed by atoms with E-state index >= 15 is 0 Å². The van der Waals surface area contributed by atoms with Gasteiger partial charge in [-0.2, -0.15) is 0 Å². The summed E-state index contributed by atoms with van der Waals surface area (Å²) in [5.74, 6) is 0.547. The molecule has 4 aromatic rings. The first-order valence-electron chi connectivity index (χ1n) is 21.2. The van der Waals surface area contributed by atoms with E-state index in [4.69, 9.17) is 15.0 Å². The molecule has 319 valence electrons. The molecule has 3 aromatic heterocycles. The van der Waals surface area contributed by atoms with E-state index in [0.29, 0.717) is 0 Å². The molecule has 0 spiro atoms. The van der Waals surface area contributed by atoms with Gasteiger partial charge in [0.15, 0.2) is 5.78 Å². The van der Waals surface area contributed by atoms with Crippen molar-refractivity contribution >= 4 is 50.8 Å². The van der Waals surface area contributed by atoms with Crippen LogP contribution in [0.3, 0.4) is 0 Å². The number of benzene rings is 1. The zero-order valence-corrected chi connectivity index (χ0v) is 43.1. The van der Waals surface area contributed by atoms with Gasteiger partial charge in [0.05, 0.1) is 11.3 Å². The SMILES string of the molecule is CCC(CC)C(=O)/C=C(\O)C(CC)CC.Cc1ccc2[c-]c(-c3ncnc4c(C)c([Si](CC(C)(C)C)(CC(C)(C)C)CC(C)(C)C)sc34)cc(C(C)(C)C)c2n1.[Ir]. The van der Waals surface area contributed by atoms with Crippen molar-refractivity contribution in [2.75, 3.05) is 0 Å². The van der Waals surface area contributed by atoms with E-state index in [1.54, 1.807) is 10.8 Å². The van der Waals surface area contributed by atoms with Gasteiger partial charge in [-0.15, -0.1) is 29.5 Å². The number of carbonyl (C=O) groups excluding carboxylic acids is 1. The maximum absolute atomic E-state index is 11.7. The number of carbonyl (C=O) groups is 1. The average molecular weight is 992 g/mol. The van der Waals surface area contributed by atoms with Crippen LogP contribution in [0.5, 0.6) is 0 Å². The predicted molar refractivity (Wildman–Crippen MR) is 247 cm³/mol. The summed E-state index contributed by atoms with van der Waals surface area (Å²) in [5, 5.41) is 10.8. The minimum absolute atomic E-state index is 0. The molecule has 0 unspecified atom stereocenters. The maximum atomic E-state index is 11.7. The second-order valence-electron chi connectivity index (χ2n) is 21.1. The molecular weight excluding hydrogens is 915 g/mol. The molecule has 5 nitrogen and oxygen atoms in total. The smallest absolute Gasteiger partial charge is 0.162 e. The van der Waals surface area contributed by atoms with Gasteiger partial charge in [0, 0.05) is 59.6 Å². The molecule has 57 heavy (non-hydrogen) atoms. The second kappa shape index (κ2) is 19.9. The third-order valence-corrected chi connectivity index (χ3v) is 20.0. The Morgan fingerprint density at radius 2 is 1.30 bits per heavy atom. The molecule has 3 heterocycles. The van der Waals surface area contributed by atoms with Gasteiger partial charge in [0.1, 0.15) is 14.4 Å². The molecule has 0 fully saturated rings. The quantitative estimate of drug-likeness (QED) is 0.0662. The predicted octanol–water partition coefficient (Wildman–Crippen LogP) is 14.3. The van der Waals surface area contributed by atoms with Gasteiger partial charge in [-0.3, -0.25) is 14.8 Å². The van der Waals surface area contributed by atoms with Crippen LogP contribution in [0, 0.1) is 48.0 Å². The standard InChI is InChI=1S/C36H52N3SSi.C13H24O2.Ir/c1-23-15-16-25-17-26(18-27(29(25)39-23)36(12,13)14)30-31-28(37-22-38-30)24(2)32(40-31)41(19-33(3,4)5,20-34(6,7)8)21-35(9,10)11;1-5-10(6-2)12(14)9-13(15)11(7-3)8-4;/h15-16,18,22H,19-21H2,1-14H3;9-11,14H,5-8H2,1-4H3;/q-1;;/b;12-9-;. The molecule has 0 saturated heterocycles. The molecule has 0 aliphatic heterocycles. The van der Waals surface area contributed by atoms with Gasteiger partial charge in [-0.05, 0) is 89.4 Å². The van der Waals surface area contributed by atoms with E-state index in [1.165, 1.54) is 40.0 Å². The van der Waals surface area contributed by atoms with Crippen LogP contribution in [0.15, 0.2) is 36.4 Å². The first-order valence-corrected chi connectivity index (χ1v) is 24.7. The molecule has 0 aliphatic rings. The second-order valence-corrected chi connectivity index (χ2v) is 26.6. The number of aliphatic hydroxyl groups is 1. The minimum Gasteiger partial charge on any atom is -0.512 e. The average Bonchev–Trinajstić information content (AvgIpc) is 3.40. The summed E-state index contributed by atoms with van der Waals surface area (Å²) in [6.07, 6.45) is 6.67. The molecule has 1 N–H and O–H groups in total. The van der Waals surface area contributed by atoms with Crippen molar-refractivity contribution in [2.24, 2.45) is 28.1 Å². The van der Waals surface area contributed by atoms with Crippen molar-refractivity contribution in [1.29, 1.82) is 0 Å². The zero-order valence-electron chi connectivity index (χ0n) is 38.9. The Morgan fingerprint density at radius 3 is 1.75 bits per heavy atom. The zero-order chi connectivity index (χ0) is 42.6. The summed E-state index contributed by atoms with van der Waals surface area (Å²) in [7, 11) is -1.99. The van der Waals surface area contributed by atoms with Crippen LogP contribution in [0.4, 0.5) is 0 Å². The summed E-state index contributed by atoms with van der Waals surface area (Å²) < 4.78 is 2.84. The van der Waals surface area contributed by atoms with Gasteiger partial charge in [0.2, 0.25) is 0 Å². The summed E-state index contributed by atoms with van der Waals surface area (Å²) in [6.45, 7) is 41.2. The van der Waals surface area contributed by atoms with Crippen LogP contribution in [0.2, 0.25) is 18.1 Å². The van der Waals surface area contributed by atoms with Crippen LogP contribution < -0.4 is 4.50 Å². The van der Waals surface area contributed by atoms with Crippen LogP contribution >= 0.6 is 11.3 Å². The number of fused-ring (bicyclic) bond motifs is 2. The van der Waals surface area contributed by atoms with E-state index < -0.39 is 8.07 Å². The molecule has 1 aromatic carbocycles. The van der Waals surface area contributed by atoms with Crippen LogP contribution in [0.1, 0.15) is 153 Å². The molecule has 0 aliphatic carbocycles. The number of thiophene rings is 1. The molecular formula is C49H76IrN3O2SSi-. The van der Waals surface area contributed by atoms with Crippen molar-refractivity contribution in [3.63, 3.8) is 0 Å². The number of aliphatic hydroxyl groups excluding tert-OH is 1.